The van der Waals surface area contributed by atoms with E-state index in [4.69, 9.17) is 10.2 Å². The molecule has 0 fully saturated rings. The van der Waals surface area contributed by atoms with Crippen LogP contribution in [0.25, 0.3) is 0 Å². The zero-order chi connectivity index (χ0) is 11.6. The van der Waals surface area contributed by atoms with Crippen LogP contribution < -0.4 is 10.2 Å². The van der Waals surface area contributed by atoms with Crippen LogP contribution >= 0.6 is 0 Å². The van der Waals surface area contributed by atoms with Gasteiger partial charge < -0.3 is 10.2 Å². The van der Waals surface area contributed by atoms with Crippen LogP contribution in [0, 0.1) is 13.8 Å². The van der Waals surface area contributed by atoms with E-state index in [9.17, 15) is 0 Å². The average molecular weight is 223 g/mol. The van der Waals surface area contributed by atoms with Crippen LogP contribution in [0.1, 0.15) is 16.7 Å². The van der Waals surface area contributed by atoms with Crippen LogP contribution in [0.3, 0.4) is 0 Å². The molecule has 0 aliphatic heterocycles. The second-order valence-corrected chi connectivity index (χ2v) is 9.38. The Kier molecular flexibility index (Phi) is 3.57. The number of rotatable bonds is 3. The fourth-order valence-corrected chi connectivity index (χ4v) is 2.51. The lowest BCUT2D eigenvalue weighted by Crippen LogP contribution is -2.29. The molecule has 2 N–H and O–H groups in total. The van der Waals surface area contributed by atoms with Crippen molar-refractivity contribution >= 4 is 8.32 Å². The number of hydrogen-bond acceptors (Lipinski definition) is 2. The standard InChI is InChI=1S/C12H21NOSi/c1-9-6-11(14-15(3,4)5)7-10(2)12(9)8-13/h6-7H,8,13H2,1-5H3. The first kappa shape index (κ1) is 12.3. The Morgan fingerprint density at radius 2 is 1.60 bits per heavy atom. The Hall–Kier alpha value is -0.803. The number of benzene rings is 1. The first-order valence-corrected chi connectivity index (χ1v) is 8.73. The quantitative estimate of drug-likeness (QED) is 0.800. The zero-order valence-electron chi connectivity index (χ0n) is 10.3. The van der Waals surface area contributed by atoms with Gasteiger partial charge in [0.2, 0.25) is 8.32 Å². The highest BCUT2D eigenvalue weighted by Gasteiger charge is 2.17. The topological polar surface area (TPSA) is 35.2 Å². The minimum atomic E-state index is -1.50. The molecule has 0 aromatic heterocycles. The molecule has 0 heterocycles. The summed E-state index contributed by atoms with van der Waals surface area (Å²) in [6.45, 7) is 11.3. The van der Waals surface area contributed by atoms with Gasteiger partial charge in [-0.3, -0.25) is 0 Å². The van der Waals surface area contributed by atoms with Gasteiger partial charge in [-0.15, -0.1) is 0 Å². The van der Waals surface area contributed by atoms with Gasteiger partial charge >= 0.3 is 0 Å². The summed E-state index contributed by atoms with van der Waals surface area (Å²) < 4.78 is 5.96. The third-order valence-electron chi connectivity index (χ3n) is 2.30. The summed E-state index contributed by atoms with van der Waals surface area (Å²) in [5.74, 6) is 0.987. The summed E-state index contributed by atoms with van der Waals surface area (Å²) in [5, 5.41) is 0. The molecule has 0 aliphatic carbocycles. The third-order valence-corrected chi connectivity index (χ3v) is 3.15. The highest BCUT2D eigenvalue weighted by molar-refractivity contribution is 6.70. The van der Waals surface area contributed by atoms with Crippen molar-refractivity contribution in [2.75, 3.05) is 0 Å². The van der Waals surface area contributed by atoms with Crippen LogP contribution in [-0.2, 0) is 6.54 Å². The third kappa shape index (κ3) is 3.36. The highest BCUT2D eigenvalue weighted by Crippen LogP contribution is 2.23. The largest absolute Gasteiger partial charge is 0.544 e. The van der Waals surface area contributed by atoms with Crippen molar-refractivity contribution in [2.24, 2.45) is 5.73 Å². The van der Waals surface area contributed by atoms with Crippen LogP contribution in [0.5, 0.6) is 5.75 Å². The van der Waals surface area contributed by atoms with E-state index in [1.807, 2.05) is 0 Å². The normalized spacial score (nSPS) is 11.6. The molecule has 0 amide bonds. The molecule has 3 heteroatoms. The number of aryl methyl sites for hydroxylation is 2. The lowest BCUT2D eigenvalue weighted by molar-refractivity contribution is 0.556. The van der Waals surface area contributed by atoms with Gasteiger partial charge in [-0.25, -0.2) is 0 Å². The van der Waals surface area contributed by atoms with E-state index in [-0.39, 0.29) is 0 Å². The fraction of sp³-hybridized carbons (Fsp3) is 0.500. The van der Waals surface area contributed by atoms with Crippen molar-refractivity contribution < 1.29 is 4.43 Å². The summed E-state index contributed by atoms with van der Waals surface area (Å²) in [4.78, 5) is 0. The monoisotopic (exact) mass is 223 g/mol. The summed E-state index contributed by atoms with van der Waals surface area (Å²) in [5.41, 5.74) is 9.39. The summed E-state index contributed by atoms with van der Waals surface area (Å²) in [7, 11) is -1.50. The van der Waals surface area contributed by atoms with Crippen LogP contribution in [-0.4, -0.2) is 8.32 Å². The molecular weight excluding hydrogens is 202 g/mol. The SMILES string of the molecule is Cc1cc(O[Si](C)(C)C)cc(C)c1CN. The molecule has 0 unspecified atom stereocenters. The fourth-order valence-electron chi connectivity index (χ4n) is 1.69. The predicted molar refractivity (Wildman–Crippen MR) is 67.8 cm³/mol. The molecule has 1 aromatic rings. The van der Waals surface area contributed by atoms with Crippen LogP contribution in [0.4, 0.5) is 0 Å². The van der Waals surface area contributed by atoms with Gasteiger partial charge in [-0.1, -0.05) is 0 Å². The molecule has 0 saturated carbocycles. The average Bonchev–Trinajstić information content (AvgIpc) is 1.99. The number of nitrogens with two attached hydrogens (primary N) is 1. The maximum atomic E-state index is 5.96. The zero-order valence-corrected chi connectivity index (χ0v) is 11.3. The summed E-state index contributed by atoms with van der Waals surface area (Å²) in [6, 6.07) is 4.18. The lowest BCUT2D eigenvalue weighted by atomic mass is 10.0. The molecule has 0 saturated heterocycles. The van der Waals surface area contributed by atoms with Crippen molar-refractivity contribution in [3.63, 3.8) is 0 Å². The first-order valence-electron chi connectivity index (χ1n) is 5.32. The Morgan fingerprint density at radius 1 is 1.13 bits per heavy atom. The Morgan fingerprint density at radius 3 is 1.93 bits per heavy atom. The summed E-state index contributed by atoms with van der Waals surface area (Å²) >= 11 is 0. The van der Waals surface area contributed by atoms with Crippen LogP contribution in [0.15, 0.2) is 12.1 Å². The molecule has 0 aliphatic rings. The molecule has 1 rings (SSSR count). The van der Waals surface area contributed by atoms with Gasteiger partial charge in [0, 0.05) is 6.54 Å². The highest BCUT2D eigenvalue weighted by atomic mass is 28.4. The maximum Gasteiger partial charge on any atom is 0.242 e. The van der Waals surface area contributed by atoms with E-state index >= 15 is 0 Å². The van der Waals surface area contributed by atoms with Gasteiger partial charge in [-0.05, 0) is 62.3 Å². The second-order valence-electron chi connectivity index (χ2n) is 4.95. The Labute approximate surface area is 93.6 Å². The van der Waals surface area contributed by atoms with Crippen LogP contribution in [0.2, 0.25) is 19.6 Å². The van der Waals surface area contributed by atoms with Gasteiger partial charge in [0.1, 0.15) is 5.75 Å². The molecule has 0 bridgehead atoms. The van der Waals surface area contributed by atoms with Crippen molar-refractivity contribution in [1.82, 2.24) is 0 Å². The second kappa shape index (κ2) is 4.37. The number of hydrogen-bond donors (Lipinski definition) is 1. The molecule has 0 spiro atoms. The molecule has 84 valence electrons. The maximum absolute atomic E-state index is 5.96. The van der Waals surface area contributed by atoms with E-state index in [1.165, 1.54) is 16.7 Å². The molecule has 15 heavy (non-hydrogen) atoms. The van der Waals surface area contributed by atoms with Crippen molar-refractivity contribution in [2.45, 2.75) is 40.0 Å². The predicted octanol–water partition coefficient (Wildman–Crippen LogP) is 2.98. The minimum absolute atomic E-state index is 0.602. The molecule has 1 aromatic carbocycles. The van der Waals surface area contributed by atoms with Crippen molar-refractivity contribution in [1.29, 1.82) is 0 Å². The van der Waals surface area contributed by atoms with Gasteiger partial charge in [-0.2, -0.15) is 0 Å². The van der Waals surface area contributed by atoms with E-state index in [1.54, 1.807) is 0 Å². The molecule has 2 nitrogen and oxygen atoms in total. The molecule has 0 radical (unpaired) electrons. The Bertz CT molecular complexity index is 332. The first-order chi connectivity index (χ1) is 6.83. The van der Waals surface area contributed by atoms with Gasteiger partial charge in [0.15, 0.2) is 0 Å². The summed E-state index contributed by atoms with van der Waals surface area (Å²) in [6.07, 6.45) is 0. The lowest BCUT2D eigenvalue weighted by Gasteiger charge is -2.21. The van der Waals surface area contributed by atoms with E-state index in [0.717, 1.165) is 5.75 Å². The van der Waals surface area contributed by atoms with Gasteiger partial charge in [0.05, 0.1) is 0 Å². The van der Waals surface area contributed by atoms with Crippen molar-refractivity contribution in [3.8, 4) is 5.75 Å². The van der Waals surface area contributed by atoms with Crippen molar-refractivity contribution in [3.05, 3.63) is 28.8 Å². The van der Waals surface area contributed by atoms with E-state index in [0.29, 0.717) is 6.54 Å². The minimum Gasteiger partial charge on any atom is -0.544 e. The Balaban J connectivity index is 3.04. The van der Waals surface area contributed by atoms with E-state index in [2.05, 4.69) is 45.6 Å². The van der Waals surface area contributed by atoms with E-state index < -0.39 is 8.32 Å². The van der Waals surface area contributed by atoms with Gasteiger partial charge in [0.25, 0.3) is 0 Å². The smallest absolute Gasteiger partial charge is 0.242 e. The molecular formula is C12H21NOSi. The molecule has 0 atom stereocenters.